The van der Waals surface area contributed by atoms with E-state index in [4.69, 9.17) is 16.3 Å². The van der Waals surface area contributed by atoms with Gasteiger partial charge in [-0.05, 0) is 62.4 Å². The molecule has 35 heavy (non-hydrogen) atoms. The second-order valence-corrected chi connectivity index (χ2v) is 9.39. The quantitative estimate of drug-likeness (QED) is 0.419. The smallest absolute Gasteiger partial charge is 0.248 e. The van der Waals surface area contributed by atoms with Crippen molar-refractivity contribution in [3.05, 3.63) is 59.7 Å². The molecule has 5 rings (SSSR count). The molecule has 9 heteroatoms. The Morgan fingerprint density at radius 3 is 2.91 bits per heavy atom. The van der Waals surface area contributed by atoms with Gasteiger partial charge in [-0.1, -0.05) is 17.7 Å². The van der Waals surface area contributed by atoms with Gasteiger partial charge in [0.25, 0.3) is 0 Å². The number of halogens is 2. The zero-order valence-corrected chi connectivity index (χ0v) is 20.2. The predicted octanol–water partition coefficient (Wildman–Crippen LogP) is 5.54. The first-order valence-corrected chi connectivity index (χ1v) is 12.2. The number of aromatic nitrogens is 2. The van der Waals surface area contributed by atoms with Gasteiger partial charge in [0.15, 0.2) is 0 Å². The second-order valence-electron chi connectivity index (χ2n) is 8.98. The highest BCUT2D eigenvalue weighted by molar-refractivity contribution is 6.31. The van der Waals surface area contributed by atoms with Gasteiger partial charge in [0, 0.05) is 35.8 Å². The number of amides is 1. The fourth-order valence-corrected chi connectivity index (χ4v) is 5.13. The lowest BCUT2D eigenvalue weighted by atomic mass is 9.73. The lowest BCUT2D eigenvalue weighted by molar-refractivity contribution is -0.111. The maximum atomic E-state index is 13.5. The molecule has 2 heterocycles. The molecule has 1 aliphatic heterocycles. The number of fused-ring (bicyclic) bond motifs is 2. The number of likely N-dealkylation sites (tertiary alicyclic amines) is 1. The van der Waals surface area contributed by atoms with E-state index < -0.39 is 5.82 Å². The first-order chi connectivity index (χ1) is 17.0. The Balaban J connectivity index is 1.33. The van der Waals surface area contributed by atoms with Crippen LogP contribution >= 0.6 is 11.6 Å². The second kappa shape index (κ2) is 10.2. The molecule has 1 amide bonds. The molecule has 1 saturated carbocycles. The molecule has 1 aliphatic carbocycles. The average molecular weight is 496 g/mol. The number of piperidine rings is 1. The number of hydrogen-bond acceptors (Lipinski definition) is 6. The number of nitrogens with zero attached hydrogens (tertiary/aromatic N) is 3. The van der Waals surface area contributed by atoms with E-state index in [1.807, 2.05) is 6.08 Å². The van der Waals surface area contributed by atoms with Crippen molar-refractivity contribution < 1.29 is 13.9 Å². The number of carbonyl (C=O) groups is 1. The third-order valence-corrected chi connectivity index (χ3v) is 7.16. The third-order valence-electron chi connectivity index (χ3n) is 6.87. The van der Waals surface area contributed by atoms with E-state index in [1.165, 1.54) is 44.1 Å². The van der Waals surface area contributed by atoms with E-state index >= 15 is 0 Å². The van der Waals surface area contributed by atoms with Crippen LogP contribution in [-0.4, -0.2) is 47.0 Å². The van der Waals surface area contributed by atoms with Crippen LogP contribution in [0.2, 0.25) is 5.02 Å². The Morgan fingerprint density at radius 1 is 1.26 bits per heavy atom. The van der Waals surface area contributed by atoms with Gasteiger partial charge in [0.05, 0.1) is 23.3 Å². The van der Waals surface area contributed by atoms with Crippen LogP contribution < -0.4 is 15.4 Å². The van der Waals surface area contributed by atoms with Crippen molar-refractivity contribution in [2.75, 3.05) is 30.8 Å². The van der Waals surface area contributed by atoms with Crippen molar-refractivity contribution in [2.45, 2.75) is 31.7 Å². The third kappa shape index (κ3) is 5.09. The van der Waals surface area contributed by atoms with Crippen molar-refractivity contribution in [2.24, 2.45) is 5.92 Å². The van der Waals surface area contributed by atoms with Crippen molar-refractivity contribution in [1.29, 1.82) is 0 Å². The van der Waals surface area contributed by atoms with E-state index in [1.54, 1.807) is 31.4 Å². The Labute approximate surface area is 208 Å². The highest BCUT2D eigenvalue weighted by Gasteiger charge is 2.37. The summed E-state index contributed by atoms with van der Waals surface area (Å²) in [6, 6.07) is 8.51. The predicted molar refractivity (Wildman–Crippen MR) is 136 cm³/mol. The Kier molecular flexibility index (Phi) is 6.83. The van der Waals surface area contributed by atoms with E-state index in [2.05, 4.69) is 25.5 Å². The van der Waals surface area contributed by atoms with Crippen LogP contribution in [-0.2, 0) is 4.79 Å². The molecule has 1 aromatic heterocycles. The van der Waals surface area contributed by atoms with Gasteiger partial charge in [0.2, 0.25) is 5.91 Å². The molecule has 2 N–H and O–H groups in total. The Bertz CT molecular complexity index is 1280. The molecule has 2 aliphatic rings. The highest BCUT2D eigenvalue weighted by Crippen LogP contribution is 2.39. The molecule has 0 radical (unpaired) electrons. The van der Waals surface area contributed by atoms with Crippen LogP contribution in [0.15, 0.2) is 48.8 Å². The maximum absolute atomic E-state index is 13.5. The zero-order valence-electron chi connectivity index (χ0n) is 19.4. The topological polar surface area (TPSA) is 79.4 Å². The number of methoxy groups -OCH3 is 1. The standard InChI is InChI=1S/C26H27ClFN5O2/c1-35-24-14-21-18(26(30-15-29-21)31-17-7-8-20(28)19(27)12-17)13-22(24)32-25(34)5-3-11-33-10-2-4-16-6-9-23(16)33/h3,5,7-8,12-16,23H,2,4,6,9-11H2,1H3,(H,32,34)(H,29,30,31). The molecular weight excluding hydrogens is 469 g/mol. The molecule has 2 unspecified atom stereocenters. The molecule has 0 spiro atoms. The number of hydrogen-bond donors (Lipinski definition) is 2. The van der Waals surface area contributed by atoms with Crippen LogP contribution in [0, 0.1) is 11.7 Å². The molecule has 7 nitrogen and oxygen atoms in total. The van der Waals surface area contributed by atoms with Crippen molar-refractivity contribution >= 4 is 45.6 Å². The van der Waals surface area contributed by atoms with Gasteiger partial charge < -0.3 is 15.4 Å². The largest absolute Gasteiger partial charge is 0.494 e. The van der Waals surface area contributed by atoms with E-state index in [0.29, 0.717) is 39.9 Å². The van der Waals surface area contributed by atoms with Gasteiger partial charge in [-0.15, -0.1) is 0 Å². The van der Waals surface area contributed by atoms with Crippen LogP contribution in [0.4, 0.5) is 21.6 Å². The summed E-state index contributed by atoms with van der Waals surface area (Å²) < 4.78 is 19.0. The summed E-state index contributed by atoms with van der Waals surface area (Å²) in [4.78, 5) is 23.8. The van der Waals surface area contributed by atoms with E-state index in [-0.39, 0.29) is 10.9 Å². The van der Waals surface area contributed by atoms with Crippen LogP contribution in [0.5, 0.6) is 5.75 Å². The van der Waals surface area contributed by atoms with Crippen molar-refractivity contribution in [3.63, 3.8) is 0 Å². The highest BCUT2D eigenvalue weighted by atomic mass is 35.5. The number of carbonyl (C=O) groups excluding carboxylic acids is 1. The van der Waals surface area contributed by atoms with Crippen LogP contribution in [0.25, 0.3) is 10.9 Å². The molecule has 2 atom stereocenters. The molecule has 2 aromatic carbocycles. The number of anilines is 3. The Hall–Kier alpha value is -3.23. The van der Waals surface area contributed by atoms with Crippen LogP contribution in [0.3, 0.4) is 0 Å². The SMILES string of the molecule is COc1cc2ncnc(Nc3ccc(F)c(Cl)c3)c2cc1NC(=O)C=CCN1CCCC2CCC21. The summed E-state index contributed by atoms with van der Waals surface area (Å²) in [5.41, 5.74) is 1.70. The molecule has 182 valence electrons. The lowest BCUT2D eigenvalue weighted by Gasteiger charge is -2.48. The fraction of sp³-hybridized carbons (Fsp3) is 0.346. The number of ether oxygens (including phenoxy) is 1. The fourth-order valence-electron chi connectivity index (χ4n) is 4.95. The summed E-state index contributed by atoms with van der Waals surface area (Å²) in [6.07, 6.45) is 10.1. The minimum Gasteiger partial charge on any atom is -0.494 e. The maximum Gasteiger partial charge on any atom is 0.248 e. The van der Waals surface area contributed by atoms with Crippen molar-refractivity contribution in [3.8, 4) is 5.75 Å². The molecule has 1 saturated heterocycles. The summed E-state index contributed by atoms with van der Waals surface area (Å²) in [5, 5.41) is 6.72. The minimum absolute atomic E-state index is 0.00662. The average Bonchev–Trinajstić information content (AvgIpc) is 2.82. The first kappa shape index (κ1) is 23.5. The van der Waals surface area contributed by atoms with Gasteiger partial charge in [0.1, 0.15) is 23.7 Å². The number of rotatable bonds is 7. The van der Waals surface area contributed by atoms with E-state index in [0.717, 1.165) is 19.0 Å². The van der Waals surface area contributed by atoms with Gasteiger partial charge in [-0.25, -0.2) is 14.4 Å². The summed E-state index contributed by atoms with van der Waals surface area (Å²) >= 11 is 5.91. The molecule has 0 bridgehead atoms. The van der Waals surface area contributed by atoms with Crippen molar-refractivity contribution in [1.82, 2.24) is 14.9 Å². The monoisotopic (exact) mass is 495 g/mol. The normalized spacial score (nSPS) is 19.9. The Morgan fingerprint density at radius 2 is 2.14 bits per heavy atom. The summed E-state index contributed by atoms with van der Waals surface area (Å²) in [5.74, 6) is 1.08. The lowest BCUT2D eigenvalue weighted by Crippen LogP contribution is -2.50. The summed E-state index contributed by atoms with van der Waals surface area (Å²) in [6.45, 7) is 1.88. The molecule has 2 fully saturated rings. The van der Waals surface area contributed by atoms with Gasteiger partial charge in [-0.3, -0.25) is 9.69 Å². The molecule has 3 aromatic rings. The minimum atomic E-state index is -0.500. The van der Waals surface area contributed by atoms with E-state index in [9.17, 15) is 9.18 Å². The van der Waals surface area contributed by atoms with Gasteiger partial charge in [-0.2, -0.15) is 0 Å². The van der Waals surface area contributed by atoms with Gasteiger partial charge >= 0.3 is 0 Å². The number of nitrogens with one attached hydrogen (secondary N) is 2. The first-order valence-electron chi connectivity index (χ1n) is 11.8. The van der Waals surface area contributed by atoms with Crippen LogP contribution in [0.1, 0.15) is 25.7 Å². The summed E-state index contributed by atoms with van der Waals surface area (Å²) in [7, 11) is 1.54. The molecular formula is C26H27ClFN5O2. The zero-order chi connectivity index (χ0) is 24.4. The number of benzene rings is 2.